The van der Waals surface area contributed by atoms with Crippen molar-refractivity contribution in [2.45, 2.75) is 56.8 Å². The van der Waals surface area contributed by atoms with Crippen LogP contribution < -0.4 is 4.90 Å². The average molecular weight is 736 g/mol. The van der Waals surface area contributed by atoms with E-state index in [2.05, 4.69) is 170 Å². The van der Waals surface area contributed by atoms with Gasteiger partial charge in [0.15, 0.2) is 0 Å². The lowest BCUT2D eigenvalue weighted by molar-refractivity contribution is -0.0399. The summed E-state index contributed by atoms with van der Waals surface area (Å²) in [6.45, 7) is 4.76. The van der Waals surface area contributed by atoms with E-state index in [1.54, 1.807) is 11.1 Å². The number of rotatable bonds is 4. The van der Waals surface area contributed by atoms with Gasteiger partial charge >= 0.3 is 0 Å². The molecule has 4 bridgehead atoms. The van der Waals surface area contributed by atoms with Crippen LogP contribution in [0.1, 0.15) is 68.2 Å². The van der Waals surface area contributed by atoms with Gasteiger partial charge in [-0.25, -0.2) is 0 Å². The van der Waals surface area contributed by atoms with Crippen molar-refractivity contribution in [2.24, 2.45) is 23.7 Å². The molecule has 6 aliphatic carbocycles. The van der Waals surface area contributed by atoms with E-state index in [0.29, 0.717) is 11.8 Å². The maximum Gasteiger partial charge on any atom is 0.136 e. The van der Waals surface area contributed by atoms with Crippen LogP contribution in [0.2, 0.25) is 0 Å². The molecule has 0 radical (unpaired) electrons. The third kappa shape index (κ3) is 4.26. The van der Waals surface area contributed by atoms with Gasteiger partial charge in [-0.15, -0.1) is 0 Å². The second kappa shape index (κ2) is 11.4. The minimum atomic E-state index is -0.111. The van der Waals surface area contributed by atoms with Gasteiger partial charge in [-0.2, -0.15) is 0 Å². The molecule has 0 saturated heterocycles. The summed E-state index contributed by atoms with van der Waals surface area (Å²) in [5.74, 6) is 3.24. The van der Waals surface area contributed by atoms with Crippen molar-refractivity contribution in [3.8, 4) is 33.4 Å². The number of benzene rings is 7. The number of furan rings is 1. The van der Waals surface area contributed by atoms with Gasteiger partial charge in [0.1, 0.15) is 11.2 Å². The molecular formula is C55H45NO. The van der Waals surface area contributed by atoms with Crippen LogP contribution in [0, 0.1) is 23.7 Å². The molecule has 1 heterocycles. The van der Waals surface area contributed by atoms with E-state index in [1.165, 1.54) is 88.0 Å². The first-order valence-corrected chi connectivity index (χ1v) is 21.3. The maximum atomic E-state index is 6.70. The highest BCUT2D eigenvalue weighted by molar-refractivity contribution is 6.09. The molecule has 0 atom stereocenters. The largest absolute Gasteiger partial charge is 0.456 e. The van der Waals surface area contributed by atoms with Crippen molar-refractivity contribution in [3.05, 3.63) is 174 Å². The van der Waals surface area contributed by atoms with Crippen LogP contribution in [0.15, 0.2) is 156 Å². The molecular weight excluding hydrogens is 691 g/mol. The van der Waals surface area contributed by atoms with Crippen molar-refractivity contribution in [1.29, 1.82) is 0 Å². The molecule has 4 saturated carbocycles. The van der Waals surface area contributed by atoms with Crippen LogP contribution in [0.5, 0.6) is 0 Å². The minimum Gasteiger partial charge on any atom is -0.456 e. The molecule has 1 aromatic heterocycles. The van der Waals surface area contributed by atoms with Crippen molar-refractivity contribution in [3.63, 3.8) is 0 Å². The summed E-state index contributed by atoms with van der Waals surface area (Å²) >= 11 is 0. The topological polar surface area (TPSA) is 16.4 Å². The van der Waals surface area contributed by atoms with E-state index in [0.717, 1.165) is 39.5 Å². The van der Waals surface area contributed by atoms with Gasteiger partial charge in [-0.05, 0) is 154 Å². The molecule has 0 amide bonds. The molecule has 2 nitrogen and oxygen atoms in total. The number of nitrogens with zero attached hydrogens (tertiary/aromatic N) is 1. The summed E-state index contributed by atoms with van der Waals surface area (Å²) in [6, 6.07) is 57.4. The molecule has 4 fully saturated rings. The third-order valence-corrected chi connectivity index (χ3v) is 15.4. The molecule has 8 aromatic rings. The molecule has 0 unspecified atom stereocenters. The normalized spacial score (nSPS) is 24.2. The Morgan fingerprint density at radius 3 is 1.88 bits per heavy atom. The number of anilines is 3. The van der Waals surface area contributed by atoms with E-state index in [4.69, 9.17) is 4.42 Å². The first-order valence-electron chi connectivity index (χ1n) is 21.3. The number of hydrogen-bond donors (Lipinski definition) is 0. The molecule has 0 aliphatic heterocycles. The average Bonchev–Trinajstić information content (AvgIpc) is 3.83. The van der Waals surface area contributed by atoms with Crippen LogP contribution in [0.4, 0.5) is 17.1 Å². The standard InChI is InChI=1S/C55H45NO/c1-54(2)47-17-9-6-14-40(47)42-23-21-39(30-49(42)54)56(38-12-4-3-5-13-38)51-31-46-44-16-8-11-19-52(44)57-53(46)32-45(51)35-20-22-43-41-15-7-10-18-48(41)55(50(43)29-35)36-25-33-24-34(27-36)28-37(55)26-33/h3-23,29-34,36-37H,24-28H2,1-2H3. The highest BCUT2D eigenvalue weighted by Crippen LogP contribution is 2.69. The van der Waals surface area contributed by atoms with Gasteiger partial charge in [0, 0.05) is 38.5 Å². The van der Waals surface area contributed by atoms with Gasteiger partial charge in [0.2, 0.25) is 0 Å². The Kier molecular flexibility index (Phi) is 6.44. The third-order valence-electron chi connectivity index (χ3n) is 15.4. The molecule has 2 heteroatoms. The molecule has 1 spiro atoms. The Bertz CT molecular complexity index is 2940. The SMILES string of the molecule is CC1(C)c2ccccc2-c2ccc(N(c3ccccc3)c3cc4c(cc3-c3ccc5c(c3)C3(c6ccccc6-5)C5CC6CC(C5)CC3C6)oc3ccccc34)cc21. The Morgan fingerprint density at radius 1 is 0.456 bits per heavy atom. The van der Waals surface area contributed by atoms with Crippen molar-refractivity contribution in [2.75, 3.05) is 4.90 Å². The second-order valence-electron chi connectivity index (χ2n) is 18.5. The number of para-hydroxylation sites is 2. The van der Waals surface area contributed by atoms with Crippen molar-refractivity contribution in [1.82, 2.24) is 0 Å². The lowest BCUT2D eigenvalue weighted by Gasteiger charge is -2.61. The molecule has 276 valence electrons. The molecule has 6 aliphatic rings. The summed E-state index contributed by atoms with van der Waals surface area (Å²) in [4.78, 5) is 2.51. The molecule has 7 aromatic carbocycles. The monoisotopic (exact) mass is 735 g/mol. The minimum absolute atomic E-state index is 0.0959. The lowest BCUT2D eigenvalue weighted by Crippen LogP contribution is -2.55. The Hall–Kier alpha value is -5.86. The van der Waals surface area contributed by atoms with Crippen molar-refractivity contribution < 1.29 is 4.42 Å². The van der Waals surface area contributed by atoms with Crippen molar-refractivity contribution >= 4 is 39.0 Å². The smallest absolute Gasteiger partial charge is 0.136 e. The fourth-order valence-electron chi connectivity index (χ4n) is 13.3. The predicted octanol–water partition coefficient (Wildman–Crippen LogP) is 14.8. The zero-order valence-electron chi connectivity index (χ0n) is 32.6. The molecule has 14 rings (SSSR count). The summed E-state index contributed by atoms with van der Waals surface area (Å²) < 4.78 is 6.70. The van der Waals surface area contributed by atoms with E-state index < -0.39 is 0 Å². The van der Waals surface area contributed by atoms with Crippen LogP contribution in [0.3, 0.4) is 0 Å². The highest BCUT2D eigenvalue weighted by atomic mass is 16.3. The number of fused-ring (bicyclic) bond motifs is 9. The van der Waals surface area contributed by atoms with E-state index in [-0.39, 0.29) is 10.8 Å². The number of hydrogen-bond acceptors (Lipinski definition) is 2. The van der Waals surface area contributed by atoms with E-state index in [1.807, 2.05) is 0 Å². The Labute approximate surface area is 334 Å². The van der Waals surface area contributed by atoms with Crippen LogP contribution in [-0.2, 0) is 10.8 Å². The van der Waals surface area contributed by atoms with E-state index >= 15 is 0 Å². The lowest BCUT2D eigenvalue weighted by atomic mass is 9.43. The zero-order valence-corrected chi connectivity index (χ0v) is 32.6. The quantitative estimate of drug-likeness (QED) is 0.179. The molecule has 57 heavy (non-hydrogen) atoms. The summed E-state index contributed by atoms with van der Waals surface area (Å²) in [5.41, 5.74) is 19.3. The summed E-state index contributed by atoms with van der Waals surface area (Å²) in [7, 11) is 0. The fraction of sp³-hybridized carbons (Fsp3) is 0.236. The fourth-order valence-corrected chi connectivity index (χ4v) is 13.3. The summed E-state index contributed by atoms with van der Waals surface area (Å²) in [5, 5.41) is 2.29. The van der Waals surface area contributed by atoms with Crippen LogP contribution in [0.25, 0.3) is 55.3 Å². The first kappa shape index (κ1) is 32.2. The highest BCUT2D eigenvalue weighted by Gasteiger charge is 2.61. The Balaban J connectivity index is 1.07. The van der Waals surface area contributed by atoms with Gasteiger partial charge in [0.05, 0.1) is 5.69 Å². The van der Waals surface area contributed by atoms with Crippen LogP contribution >= 0.6 is 0 Å². The van der Waals surface area contributed by atoms with Gasteiger partial charge in [-0.3, -0.25) is 0 Å². The maximum absolute atomic E-state index is 6.70. The van der Waals surface area contributed by atoms with Gasteiger partial charge in [-0.1, -0.05) is 117 Å². The molecule has 0 N–H and O–H groups in total. The second-order valence-corrected chi connectivity index (χ2v) is 18.5. The Morgan fingerprint density at radius 2 is 1.09 bits per heavy atom. The predicted molar refractivity (Wildman–Crippen MR) is 235 cm³/mol. The zero-order chi connectivity index (χ0) is 37.6. The first-order chi connectivity index (χ1) is 28.0. The van der Waals surface area contributed by atoms with Gasteiger partial charge < -0.3 is 9.32 Å². The van der Waals surface area contributed by atoms with Gasteiger partial charge in [0.25, 0.3) is 0 Å². The van der Waals surface area contributed by atoms with E-state index in [9.17, 15) is 0 Å². The van der Waals surface area contributed by atoms with Crippen LogP contribution in [-0.4, -0.2) is 0 Å². The summed E-state index contributed by atoms with van der Waals surface area (Å²) in [6.07, 6.45) is 6.96.